The van der Waals surface area contributed by atoms with Crippen LogP contribution in [0.1, 0.15) is 91.4 Å². The van der Waals surface area contributed by atoms with E-state index in [4.69, 9.17) is 14.2 Å². The van der Waals surface area contributed by atoms with Crippen LogP contribution in [-0.4, -0.2) is 125 Å². The van der Waals surface area contributed by atoms with Crippen LogP contribution in [0.25, 0.3) is 0 Å². The van der Waals surface area contributed by atoms with Crippen LogP contribution in [0.3, 0.4) is 0 Å². The van der Waals surface area contributed by atoms with Gasteiger partial charge >= 0.3 is 0 Å². The molecule has 2 unspecified atom stereocenters. The second-order valence-electron chi connectivity index (χ2n) is 12.4. The van der Waals surface area contributed by atoms with E-state index in [-0.39, 0.29) is 36.5 Å². The third-order valence-corrected chi connectivity index (χ3v) is 8.23. The SMILES string of the molecule is CC(=O)N[C@@H](CO)C(OCCCCCC(=O)NCCCCCC(=O)N1C[C@H](O)C[C@H]1COC1CC(C)C1)OC(CO)[C@@H](C)O. The van der Waals surface area contributed by atoms with Crippen molar-refractivity contribution < 1.29 is 49.0 Å². The topological polar surface area (TPSA) is 187 Å². The standard InChI is InChI=1S/C31H57N3O10/c1-21-14-26(15-21)43-20-24-16-25(39)17-34(24)30(41)11-7-4-8-12-32-29(40)10-6-5-9-13-42-31(27(18-35)33-23(3)38)44-28(19-36)22(2)37/h21-22,24-28,31,35-37,39H,4-20H2,1-3H3,(H,32,40)(H,33,38)/t21?,22-,24+,25-,26?,27+,28?,31?/m1/s1. The predicted octanol–water partition coefficient (Wildman–Crippen LogP) is 0.598. The Morgan fingerprint density at radius 2 is 1.68 bits per heavy atom. The summed E-state index contributed by atoms with van der Waals surface area (Å²) < 4.78 is 17.3. The van der Waals surface area contributed by atoms with Gasteiger partial charge in [0.05, 0.1) is 44.2 Å². The number of amides is 3. The molecular weight excluding hydrogens is 574 g/mol. The van der Waals surface area contributed by atoms with Crippen molar-refractivity contribution in [1.29, 1.82) is 0 Å². The first kappa shape index (κ1) is 38.3. The number of carbonyl (C=O) groups excluding carboxylic acids is 3. The van der Waals surface area contributed by atoms with E-state index in [0.717, 1.165) is 32.1 Å². The number of ether oxygens (including phenoxy) is 3. The van der Waals surface area contributed by atoms with E-state index in [0.29, 0.717) is 64.1 Å². The number of carbonyl (C=O) groups is 3. The highest BCUT2D eigenvalue weighted by atomic mass is 16.7. The van der Waals surface area contributed by atoms with Crippen molar-refractivity contribution in [2.75, 3.05) is 39.5 Å². The highest BCUT2D eigenvalue weighted by Crippen LogP contribution is 2.30. The average molecular weight is 632 g/mol. The van der Waals surface area contributed by atoms with Crippen molar-refractivity contribution in [3.05, 3.63) is 0 Å². The lowest BCUT2D eigenvalue weighted by molar-refractivity contribution is -0.214. The van der Waals surface area contributed by atoms with Crippen molar-refractivity contribution in [2.24, 2.45) is 5.92 Å². The highest BCUT2D eigenvalue weighted by molar-refractivity contribution is 5.77. The Hall–Kier alpha value is -1.87. The number of likely N-dealkylation sites (tertiary alicyclic amines) is 1. The van der Waals surface area contributed by atoms with Crippen LogP contribution in [0.5, 0.6) is 0 Å². The Kier molecular flexibility index (Phi) is 18.3. The Morgan fingerprint density at radius 1 is 0.977 bits per heavy atom. The minimum Gasteiger partial charge on any atom is -0.394 e. The molecule has 1 saturated heterocycles. The number of unbranched alkanes of at least 4 members (excludes halogenated alkanes) is 4. The molecule has 1 aliphatic carbocycles. The van der Waals surface area contributed by atoms with Gasteiger partial charge in [0.2, 0.25) is 17.7 Å². The molecule has 1 heterocycles. The van der Waals surface area contributed by atoms with Crippen LogP contribution in [0, 0.1) is 5.92 Å². The number of aliphatic hydroxyl groups is 4. The van der Waals surface area contributed by atoms with Crippen molar-refractivity contribution >= 4 is 17.7 Å². The van der Waals surface area contributed by atoms with Gasteiger partial charge in [0.15, 0.2) is 6.29 Å². The summed E-state index contributed by atoms with van der Waals surface area (Å²) in [6.45, 7) is 5.72. The minimum atomic E-state index is -1.06. The van der Waals surface area contributed by atoms with E-state index >= 15 is 0 Å². The molecule has 0 aromatic rings. The lowest BCUT2D eigenvalue weighted by Crippen LogP contribution is -2.50. The summed E-state index contributed by atoms with van der Waals surface area (Å²) in [5.41, 5.74) is 0. The molecular formula is C31H57N3O10. The molecule has 6 atom stereocenters. The second kappa shape index (κ2) is 21.0. The van der Waals surface area contributed by atoms with Crippen LogP contribution < -0.4 is 10.6 Å². The Labute approximate surface area is 262 Å². The smallest absolute Gasteiger partial charge is 0.222 e. The van der Waals surface area contributed by atoms with Crippen LogP contribution >= 0.6 is 0 Å². The summed E-state index contributed by atoms with van der Waals surface area (Å²) in [4.78, 5) is 38.2. The van der Waals surface area contributed by atoms with E-state index in [2.05, 4.69) is 17.6 Å². The number of β-amino-alcohol motifs (C(OH)–C–C–N with tert-alkyl or cyclic N) is 1. The van der Waals surface area contributed by atoms with Gasteiger partial charge < -0.3 is 50.2 Å². The van der Waals surface area contributed by atoms with Gasteiger partial charge in [-0.2, -0.15) is 0 Å². The second-order valence-corrected chi connectivity index (χ2v) is 12.4. The first-order chi connectivity index (χ1) is 21.0. The van der Waals surface area contributed by atoms with E-state index in [9.17, 15) is 34.8 Å². The minimum absolute atomic E-state index is 0.0355. The number of nitrogens with zero attached hydrogens (tertiary/aromatic N) is 1. The maximum atomic E-state index is 12.8. The number of aliphatic hydroxyl groups excluding tert-OH is 4. The van der Waals surface area contributed by atoms with E-state index < -0.39 is 43.9 Å². The fraction of sp³-hybridized carbons (Fsp3) is 0.903. The monoisotopic (exact) mass is 631 g/mol. The predicted molar refractivity (Wildman–Crippen MR) is 162 cm³/mol. The molecule has 0 bridgehead atoms. The molecule has 2 aliphatic rings. The van der Waals surface area contributed by atoms with Gasteiger partial charge in [-0.3, -0.25) is 14.4 Å². The van der Waals surface area contributed by atoms with E-state index in [1.54, 1.807) is 4.90 Å². The van der Waals surface area contributed by atoms with Crippen LogP contribution in [0.15, 0.2) is 0 Å². The van der Waals surface area contributed by atoms with Gasteiger partial charge in [0.1, 0.15) is 12.1 Å². The average Bonchev–Trinajstić information content (AvgIpc) is 3.34. The van der Waals surface area contributed by atoms with Crippen molar-refractivity contribution in [2.45, 2.75) is 134 Å². The van der Waals surface area contributed by atoms with Gasteiger partial charge in [-0.25, -0.2) is 0 Å². The summed E-state index contributed by atoms with van der Waals surface area (Å²) >= 11 is 0. The lowest BCUT2D eigenvalue weighted by atomic mass is 9.84. The summed E-state index contributed by atoms with van der Waals surface area (Å²) in [5, 5.41) is 44.4. The molecule has 13 heteroatoms. The summed E-state index contributed by atoms with van der Waals surface area (Å²) in [6, 6.07) is -0.918. The number of rotatable bonds is 23. The third-order valence-electron chi connectivity index (χ3n) is 8.23. The number of nitrogens with one attached hydrogen (secondary N) is 2. The summed E-state index contributed by atoms with van der Waals surface area (Å²) in [6.07, 6.45) is 4.63. The Bertz CT molecular complexity index is 842. The Balaban J connectivity index is 1.54. The van der Waals surface area contributed by atoms with Crippen molar-refractivity contribution in [3.63, 3.8) is 0 Å². The fourth-order valence-corrected chi connectivity index (χ4v) is 5.56. The zero-order chi connectivity index (χ0) is 32.5. The first-order valence-corrected chi connectivity index (χ1v) is 16.3. The lowest BCUT2D eigenvalue weighted by Gasteiger charge is -2.34. The van der Waals surface area contributed by atoms with Gasteiger partial charge in [-0.05, 0) is 57.8 Å². The maximum absolute atomic E-state index is 12.8. The molecule has 13 nitrogen and oxygen atoms in total. The molecule has 0 aromatic carbocycles. The zero-order valence-corrected chi connectivity index (χ0v) is 26.8. The molecule has 0 radical (unpaired) electrons. The van der Waals surface area contributed by atoms with Crippen LogP contribution in [0.2, 0.25) is 0 Å². The van der Waals surface area contributed by atoms with Gasteiger partial charge in [-0.15, -0.1) is 0 Å². The van der Waals surface area contributed by atoms with E-state index in [1.165, 1.54) is 13.8 Å². The van der Waals surface area contributed by atoms with Gasteiger partial charge in [0.25, 0.3) is 0 Å². The zero-order valence-electron chi connectivity index (χ0n) is 26.8. The molecule has 6 N–H and O–H groups in total. The molecule has 2 rings (SSSR count). The third kappa shape index (κ3) is 14.5. The molecule has 1 aliphatic heterocycles. The molecule has 256 valence electrons. The van der Waals surface area contributed by atoms with Gasteiger partial charge in [-0.1, -0.05) is 19.8 Å². The number of hydrogen-bond acceptors (Lipinski definition) is 10. The van der Waals surface area contributed by atoms with Gasteiger partial charge in [0, 0.05) is 39.5 Å². The van der Waals surface area contributed by atoms with Crippen LogP contribution in [0.4, 0.5) is 0 Å². The largest absolute Gasteiger partial charge is 0.394 e. The normalized spacial score (nSPS) is 24.3. The van der Waals surface area contributed by atoms with E-state index in [1.807, 2.05) is 0 Å². The molecule has 44 heavy (non-hydrogen) atoms. The number of hydrogen-bond donors (Lipinski definition) is 6. The molecule has 1 saturated carbocycles. The highest BCUT2D eigenvalue weighted by Gasteiger charge is 2.36. The Morgan fingerprint density at radius 3 is 2.32 bits per heavy atom. The quantitative estimate of drug-likeness (QED) is 0.0689. The summed E-state index contributed by atoms with van der Waals surface area (Å²) in [7, 11) is 0. The maximum Gasteiger partial charge on any atom is 0.222 e. The first-order valence-electron chi connectivity index (χ1n) is 16.3. The molecule has 3 amide bonds. The summed E-state index contributed by atoms with van der Waals surface area (Å²) in [5.74, 6) is 0.347. The molecule has 0 spiro atoms. The molecule has 0 aromatic heterocycles. The molecule has 2 fully saturated rings. The fourth-order valence-electron chi connectivity index (χ4n) is 5.56. The van der Waals surface area contributed by atoms with Crippen LogP contribution in [-0.2, 0) is 28.6 Å². The van der Waals surface area contributed by atoms with Crippen molar-refractivity contribution in [3.8, 4) is 0 Å². The van der Waals surface area contributed by atoms with Crippen molar-refractivity contribution in [1.82, 2.24) is 15.5 Å².